The Balaban J connectivity index is 1.83. The SMILES string of the molecule is COC(=O)C(C)(C)[C@H]1C[C@@H](C[C@@H](O)CCOCc2ccccc2)OC(C)(C)O1. The Morgan fingerprint density at radius 2 is 1.96 bits per heavy atom. The van der Waals surface area contributed by atoms with Crippen LogP contribution in [0.5, 0.6) is 0 Å². The summed E-state index contributed by atoms with van der Waals surface area (Å²) in [6.45, 7) is 8.29. The van der Waals surface area contributed by atoms with Gasteiger partial charge < -0.3 is 24.1 Å². The molecule has 1 aromatic rings. The number of rotatable bonds is 9. The van der Waals surface area contributed by atoms with Gasteiger partial charge in [-0.2, -0.15) is 0 Å². The minimum Gasteiger partial charge on any atom is -0.469 e. The number of carbonyl (C=O) groups excluding carboxylic acids is 1. The molecule has 3 atom stereocenters. The first-order valence-corrected chi connectivity index (χ1v) is 9.88. The second kappa shape index (κ2) is 9.83. The number of carbonyl (C=O) groups is 1. The van der Waals surface area contributed by atoms with Gasteiger partial charge in [0.15, 0.2) is 5.79 Å². The van der Waals surface area contributed by atoms with Crippen molar-refractivity contribution >= 4 is 5.97 Å². The smallest absolute Gasteiger partial charge is 0.313 e. The van der Waals surface area contributed by atoms with Crippen molar-refractivity contribution in [1.82, 2.24) is 0 Å². The molecule has 1 aromatic carbocycles. The number of benzene rings is 1. The van der Waals surface area contributed by atoms with Crippen LogP contribution in [-0.2, 0) is 30.3 Å². The average Bonchev–Trinajstić information content (AvgIpc) is 2.64. The monoisotopic (exact) mass is 394 g/mol. The average molecular weight is 395 g/mol. The third-order valence-electron chi connectivity index (χ3n) is 5.11. The Morgan fingerprint density at radius 1 is 1.29 bits per heavy atom. The molecule has 1 saturated heterocycles. The predicted octanol–water partition coefficient (Wildman–Crippen LogP) is 3.45. The molecule has 1 aliphatic rings. The summed E-state index contributed by atoms with van der Waals surface area (Å²) in [4.78, 5) is 12.2. The molecule has 1 fully saturated rings. The van der Waals surface area contributed by atoms with E-state index in [1.165, 1.54) is 7.11 Å². The van der Waals surface area contributed by atoms with Crippen LogP contribution in [0.2, 0.25) is 0 Å². The van der Waals surface area contributed by atoms with Gasteiger partial charge in [0.25, 0.3) is 0 Å². The van der Waals surface area contributed by atoms with Gasteiger partial charge in [-0.1, -0.05) is 30.3 Å². The number of ether oxygens (including phenoxy) is 4. The molecule has 1 N–H and O–H groups in total. The summed E-state index contributed by atoms with van der Waals surface area (Å²) in [6.07, 6.45) is 0.412. The quantitative estimate of drug-likeness (QED) is 0.511. The van der Waals surface area contributed by atoms with Crippen molar-refractivity contribution in [1.29, 1.82) is 0 Å². The summed E-state index contributed by atoms with van der Waals surface area (Å²) in [7, 11) is 1.38. The van der Waals surface area contributed by atoms with E-state index < -0.39 is 17.3 Å². The number of aliphatic hydroxyl groups excluding tert-OH is 1. The Bertz CT molecular complexity index is 613. The van der Waals surface area contributed by atoms with Crippen LogP contribution in [0, 0.1) is 5.41 Å². The van der Waals surface area contributed by atoms with Crippen LogP contribution in [-0.4, -0.2) is 48.9 Å². The minimum atomic E-state index is -0.831. The first-order chi connectivity index (χ1) is 13.1. The topological polar surface area (TPSA) is 74.2 Å². The van der Waals surface area contributed by atoms with Crippen molar-refractivity contribution < 1.29 is 28.8 Å². The van der Waals surface area contributed by atoms with Crippen LogP contribution in [0.1, 0.15) is 52.5 Å². The van der Waals surface area contributed by atoms with Crippen molar-refractivity contribution in [2.24, 2.45) is 5.41 Å². The number of aliphatic hydroxyl groups is 1. The molecule has 0 unspecified atom stereocenters. The fourth-order valence-electron chi connectivity index (χ4n) is 3.49. The van der Waals surface area contributed by atoms with Crippen molar-refractivity contribution in [2.45, 2.75) is 77.7 Å². The third kappa shape index (κ3) is 6.55. The molecular formula is C22H34O6. The molecule has 0 aliphatic carbocycles. The summed E-state index contributed by atoms with van der Waals surface area (Å²) in [5.74, 6) is -1.15. The Hall–Kier alpha value is -1.47. The summed E-state index contributed by atoms with van der Waals surface area (Å²) < 4.78 is 22.6. The van der Waals surface area contributed by atoms with Gasteiger partial charge in [0.1, 0.15) is 0 Å². The van der Waals surface area contributed by atoms with Gasteiger partial charge in [0.2, 0.25) is 0 Å². The maximum Gasteiger partial charge on any atom is 0.313 e. The van der Waals surface area contributed by atoms with Crippen LogP contribution in [0.4, 0.5) is 0 Å². The molecule has 0 bridgehead atoms. The van der Waals surface area contributed by atoms with E-state index in [0.717, 1.165) is 5.56 Å². The lowest BCUT2D eigenvalue weighted by molar-refractivity contribution is -0.317. The van der Waals surface area contributed by atoms with Crippen LogP contribution in [0.25, 0.3) is 0 Å². The van der Waals surface area contributed by atoms with Crippen LogP contribution >= 0.6 is 0 Å². The van der Waals surface area contributed by atoms with Crippen molar-refractivity contribution in [3.63, 3.8) is 0 Å². The number of esters is 1. The Labute approximate surface area is 168 Å². The van der Waals surface area contributed by atoms with E-state index in [-0.39, 0.29) is 18.2 Å². The molecule has 0 amide bonds. The zero-order valence-corrected chi connectivity index (χ0v) is 17.6. The van der Waals surface area contributed by atoms with Gasteiger partial charge in [0.05, 0.1) is 37.4 Å². The second-order valence-electron chi connectivity index (χ2n) is 8.41. The summed E-state index contributed by atoms with van der Waals surface area (Å²) in [5.41, 5.74) is 0.317. The molecule has 28 heavy (non-hydrogen) atoms. The van der Waals surface area contributed by atoms with Gasteiger partial charge in [-0.25, -0.2) is 0 Å². The Morgan fingerprint density at radius 3 is 2.61 bits per heavy atom. The lowest BCUT2D eigenvalue weighted by Gasteiger charge is -2.45. The van der Waals surface area contributed by atoms with E-state index in [1.807, 2.05) is 58.0 Å². The minimum absolute atomic E-state index is 0.207. The molecule has 6 heteroatoms. The molecule has 0 aromatic heterocycles. The molecule has 158 valence electrons. The molecule has 0 spiro atoms. The fraction of sp³-hybridized carbons (Fsp3) is 0.682. The zero-order chi connectivity index (χ0) is 20.8. The summed E-state index contributed by atoms with van der Waals surface area (Å²) >= 11 is 0. The van der Waals surface area contributed by atoms with Gasteiger partial charge >= 0.3 is 5.97 Å². The highest BCUT2D eigenvalue weighted by Crippen LogP contribution is 2.38. The molecule has 0 saturated carbocycles. The highest BCUT2D eigenvalue weighted by Gasteiger charge is 2.47. The van der Waals surface area contributed by atoms with Crippen LogP contribution in [0.15, 0.2) is 30.3 Å². The van der Waals surface area contributed by atoms with Crippen LogP contribution in [0.3, 0.4) is 0 Å². The van der Waals surface area contributed by atoms with E-state index in [2.05, 4.69) is 0 Å². The van der Waals surface area contributed by atoms with Crippen molar-refractivity contribution in [3.05, 3.63) is 35.9 Å². The molecule has 2 rings (SSSR count). The van der Waals surface area contributed by atoms with Crippen molar-refractivity contribution in [3.8, 4) is 0 Å². The zero-order valence-electron chi connectivity index (χ0n) is 17.6. The van der Waals surface area contributed by atoms with E-state index >= 15 is 0 Å². The molecule has 1 aliphatic heterocycles. The van der Waals surface area contributed by atoms with E-state index in [1.54, 1.807) is 0 Å². The van der Waals surface area contributed by atoms with Crippen molar-refractivity contribution in [2.75, 3.05) is 13.7 Å². The maximum atomic E-state index is 12.2. The molecule has 0 radical (unpaired) electrons. The predicted molar refractivity (Wildman–Crippen MR) is 106 cm³/mol. The number of methoxy groups -OCH3 is 1. The number of hydrogen-bond acceptors (Lipinski definition) is 6. The lowest BCUT2D eigenvalue weighted by Crippen LogP contribution is -2.52. The fourth-order valence-corrected chi connectivity index (χ4v) is 3.49. The highest BCUT2D eigenvalue weighted by atomic mass is 16.7. The second-order valence-corrected chi connectivity index (χ2v) is 8.41. The first-order valence-electron chi connectivity index (χ1n) is 9.88. The Kier molecular flexibility index (Phi) is 8.01. The molecule has 6 nitrogen and oxygen atoms in total. The normalized spacial score (nSPS) is 23.2. The van der Waals surface area contributed by atoms with Crippen LogP contribution < -0.4 is 0 Å². The van der Waals surface area contributed by atoms with E-state index in [0.29, 0.717) is 32.5 Å². The highest BCUT2D eigenvalue weighted by molar-refractivity contribution is 5.76. The first kappa shape index (κ1) is 22.8. The largest absolute Gasteiger partial charge is 0.469 e. The van der Waals surface area contributed by atoms with E-state index in [4.69, 9.17) is 18.9 Å². The summed E-state index contributed by atoms with van der Waals surface area (Å²) in [5, 5.41) is 10.4. The third-order valence-corrected chi connectivity index (χ3v) is 5.11. The lowest BCUT2D eigenvalue weighted by atomic mass is 9.81. The van der Waals surface area contributed by atoms with Gasteiger partial charge in [0, 0.05) is 13.0 Å². The maximum absolute atomic E-state index is 12.2. The van der Waals surface area contributed by atoms with Gasteiger partial charge in [-0.15, -0.1) is 0 Å². The number of hydrogen-bond donors (Lipinski definition) is 1. The standard InChI is InChI=1S/C22H34O6/c1-21(2,20(24)25-5)19-14-18(27-22(3,4)28-19)13-17(23)11-12-26-15-16-9-7-6-8-10-16/h6-10,17-19,23H,11-15H2,1-5H3/t17-,18+,19+/m0/s1. The van der Waals surface area contributed by atoms with Gasteiger partial charge in [-0.3, -0.25) is 4.79 Å². The molecule has 1 heterocycles. The van der Waals surface area contributed by atoms with E-state index in [9.17, 15) is 9.90 Å². The summed E-state index contributed by atoms with van der Waals surface area (Å²) in [6, 6.07) is 9.94. The van der Waals surface area contributed by atoms with Gasteiger partial charge in [-0.05, 0) is 46.1 Å². The molecular weight excluding hydrogens is 360 g/mol.